The summed E-state index contributed by atoms with van der Waals surface area (Å²) in [6.07, 6.45) is 1.51. The van der Waals surface area contributed by atoms with Crippen LogP contribution < -0.4 is 20.1 Å². The van der Waals surface area contributed by atoms with Gasteiger partial charge >= 0.3 is 6.09 Å². The highest BCUT2D eigenvalue weighted by Crippen LogP contribution is 2.34. The molecule has 1 saturated heterocycles. The van der Waals surface area contributed by atoms with Crippen molar-refractivity contribution in [3.8, 4) is 11.5 Å². The number of aromatic nitrogens is 2. The van der Waals surface area contributed by atoms with Crippen molar-refractivity contribution in [1.82, 2.24) is 20.2 Å². The minimum absolute atomic E-state index is 0.00194. The van der Waals surface area contributed by atoms with Gasteiger partial charge in [-0.1, -0.05) is 12.1 Å². The number of hydrogen-bond acceptors (Lipinski definition) is 8. The normalized spacial score (nSPS) is 17.1. The van der Waals surface area contributed by atoms with Crippen molar-refractivity contribution in [3.63, 3.8) is 0 Å². The SMILES string of the molecule is O=C1COc2ccc(CNCCCN3C[C@@H](c4ccnc5c(OCF)cccc45)OC3=O)nc2N1. The number of fused-ring (bicyclic) bond motifs is 2. The van der Waals surface area contributed by atoms with Crippen LogP contribution in [0.2, 0.25) is 0 Å². The van der Waals surface area contributed by atoms with Gasteiger partial charge in [0.15, 0.2) is 18.2 Å². The van der Waals surface area contributed by atoms with E-state index in [2.05, 4.69) is 20.6 Å². The molecule has 0 aliphatic carbocycles. The number of carbonyl (C=O) groups excluding carboxylic acids is 2. The lowest BCUT2D eigenvalue weighted by atomic mass is 10.0. The Bertz CT molecular complexity index is 1260. The van der Waals surface area contributed by atoms with Crippen LogP contribution >= 0.6 is 0 Å². The molecule has 11 heteroatoms. The van der Waals surface area contributed by atoms with Crippen LogP contribution in [0.25, 0.3) is 10.9 Å². The van der Waals surface area contributed by atoms with Crippen molar-refractivity contribution >= 4 is 28.7 Å². The summed E-state index contributed by atoms with van der Waals surface area (Å²) in [4.78, 5) is 34.3. The molecule has 0 saturated carbocycles. The molecule has 4 heterocycles. The van der Waals surface area contributed by atoms with E-state index in [-0.39, 0.29) is 18.6 Å². The molecule has 2 amide bonds. The molecule has 2 N–H and O–H groups in total. The number of ether oxygens (including phenoxy) is 3. The number of benzene rings is 1. The zero-order valence-corrected chi connectivity index (χ0v) is 18.8. The third kappa shape index (κ3) is 4.94. The molecule has 1 fully saturated rings. The number of halogens is 1. The fraction of sp³-hybridized carbons (Fsp3) is 0.333. The number of nitrogens with zero attached hydrogens (tertiary/aromatic N) is 3. The van der Waals surface area contributed by atoms with Crippen LogP contribution in [-0.4, -0.2) is 60.0 Å². The Kier molecular flexibility index (Phi) is 6.57. The second-order valence-corrected chi connectivity index (χ2v) is 8.14. The lowest BCUT2D eigenvalue weighted by Gasteiger charge is -2.17. The molecule has 1 atom stereocenters. The van der Waals surface area contributed by atoms with Gasteiger partial charge in [0.1, 0.15) is 17.4 Å². The minimum atomic E-state index is -0.946. The third-order valence-electron chi connectivity index (χ3n) is 5.83. The fourth-order valence-corrected chi connectivity index (χ4v) is 4.19. The molecule has 35 heavy (non-hydrogen) atoms. The summed E-state index contributed by atoms with van der Waals surface area (Å²) in [6, 6.07) is 10.7. The number of pyridine rings is 2. The number of hydrogen-bond donors (Lipinski definition) is 2. The van der Waals surface area contributed by atoms with Gasteiger partial charge < -0.3 is 29.7 Å². The molecule has 0 unspecified atom stereocenters. The maximum absolute atomic E-state index is 12.7. The van der Waals surface area contributed by atoms with Crippen molar-refractivity contribution < 1.29 is 28.2 Å². The van der Waals surface area contributed by atoms with Crippen molar-refractivity contribution in [2.75, 3.05) is 38.4 Å². The summed E-state index contributed by atoms with van der Waals surface area (Å²) in [6.45, 7) is 1.18. The van der Waals surface area contributed by atoms with Crippen LogP contribution in [0.4, 0.5) is 15.0 Å². The third-order valence-corrected chi connectivity index (χ3v) is 5.83. The Morgan fingerprint density at radius 3 is 3.03 bits per heavy atom. The highest BCUT2D eigenvalue weighted by atomic mass is 19.1. The summed E-state index contributed by atoms with van der Waals surface area (Å²) in [7, 11) is 0. The van der Waals surface area contributed by atoms with Crippen LogP contribution in [0.15, 0.2) is 42.6 Å². The number of para-hydroxylation sites is 1. The second-order valence-electron chi connectivity index (χ2n) is 8.14. The first-order valence-electron chi connectivity index (χ1n) is 11.3. The quantitative estimate of drug-likeness (QED) is 0.449. The zero-order valence-electron chi connectivity index (χ0n) is 18.8. The predicted molar refractivity (Wildman–Crippen MR) is 124 cm³/mol. The van der Waals surface area contributed by atoms with Gasteiger partial charge in [-0.2, -0.15) is 0 Å². The smallest absolute Gasteiger partial charge is 0.410 e. The molecule has 2 aliphatic heterocycles. The molecule has 1 aromatic carbocycles. The molecule has 5 rings (SSSR count). The van der Waals surface area contributed by atoms with Gasteiger partial charge in [0.2, 0.25) is 6.86 Å². The van der Waals surface area contributed by atoms with E-state index in [4.69, 9.17) is 14.2 Å². The fourth-order valence-electron chi connectivity index (χ4n) is 4.19. The average Bonchev–Trinajstić information content (AvgIpc) is 3.23. The van der Waals surface area contributed by atoms with E-state index in [1.807, 2.05) is 18.2 Å². The van der Waals surface area contributed by atoms with Crippen LogP contribution in [0.5, 0.6) is 11.5 Å². The molecule has 182 valence electrons. The molecular weight excluding hydrogens is 457 g/mol. The minimum Gasteiger partial charge on any atom is -0.480 e. The molecule has 3 aromatic rings. The number of alkyl halides is 1. The number of amides is 2. The molecule has 2 aliphatic rings. The van der Waals surface area contributed by atoms with E-state index in [9.17, 15) is 14.0 Å². The summed E-state index contributed by atoms with van der Waals surface area (Å²) in [5.41, 5.74) is 2.11. The lowest BCUT2D eigenvalue weighted by molar-refractivity contribution is -0.118. The van der Waals surface area contributed by atoms with Gasteiger partial charge in [-0.15, -0.1) is 0 Å². The number of nitrogens with one attached hydrogen (secondary N) is 2. The number of carbonyl (C=O) groups is 2. The number of anilines is 1. The summed E-state index contributed by atoms with van der Waals surface area (Å²) in [5, 5.41) is 6.75. The van der Waals surface area contributed by atoms with Gasteiger partial charge in [-0.05, 0) is 37.2 Å². The van der Waals surface area contributed by atoms with Crippen LogP contribution in [0, 0.1) is 0 Å². The molecule has 2 aromatic heterocycles. The largest absolute Gasteiger partial charge is 0.480 e. The van der Waals surface area contributed by atoms with Crippen molar-refractivity contribution in [1.29, 1.82) is 0 Å². The molecule has 10 nitrogen and oxygen atoms in total. The first-order chi connectivity index (χ1) is 17.1. The Labute approximate surface area is 200 Å². The van der Waals surface area contributed by atoms with Crippen molar-refractivity contribution in [3.05, 3.63) is 53.9 Å². The van der Waals surface area contributed by atoms with Crippen molar-refractivity contribution in [2.45, 2.75) is 19.1 Å². The highest BCUT2D eigenvalue weighted by molar-refractivity contribution is 5.94. The van der Waals surface area contributed by atoms with Crippen molar-refractivity contribution in [2.24, 2.45) is 0 Å². The van der Waals surface area contributed by atoms with Crippen LogP contribution in [0.1, 0.15) is 23.8 Å². The Morgan fingerprint density at radius 2 is 2.14 bits per heavy atom. The Morgan fingerprint density at radius 1 is 1.23 bits per heavy atom. The Hall–Kier alpha value is -3.99. The maximum Gasteiger partial charge on any atom is 0.410 e. The van der Waals surface area contributed by atoms with E-state index >= 15 is 0 Å². The van der Waals surface area contributed by atoms with E-state index < -0.39 is 13.0 Å². The molecular formula is C24H24FN5O5. The first kappa shape index (κ1) is 22.8. The van der Waals surface area contributed by atoms with Gasteiger partial charge in [-0.25, -0.2) is 14.2 Å². The molecule has 0 radical (unpaired) electrons. The first-order valence-corrected chi connectivity index (χ1v) is 11.3. The zero-order chi connectivity index (χ0) is 24.2. The van der Waals surface area contributed by atoms with Gasteiger partial charge in [0, 0.05) is 30.2 Å². The standard InChI is InChI=1S/C24H24FN5O5/c25-14-34-18-4-1-3-17-16(7-9-27-22(17)18)20-12-30(24(32)35-20)10-2-8-26-11-15-5-6-19-23(28-15)29-21(31)13-33-19/h1,3-7,9,20,26H,2,8,10-14H2,(H,28,29,31)/t20-/m0/s1. The number of rotatable bonds is 9. The van der Waals surface area contributed by atoms with Gasteiger partial charge in [-0.3, -0.25) is 9.78 Å². The van der Waals surface area contributed by atoms with E-state index in [1.54, 1.807) is 29.3 Å². The van der Waals surface area contributed by atoms with E-state index in [1.165, 1.54) is 0 Å². The van der Waals surface area contributed by atoms with E-state index in [0.717, 1.165) is 23.1 Å². The summed E-state index contributed by atoms with van der Waals surface area (Å²) < 4.78 is 28.7. The van der Waals surface area contributed by atoms with Crippen LogP contribution in [-0.2, 0) is 16.1 Å². The average molecular weight is 481 g/mol. The summed E-state index contributed by atoms with van der Waals surface area (Å²) in [5.74, 6) is 1.11. The number of cyclic esters (lactones) is 1. The Balaban J connectivity index is 1.14. The second kappa shape index (κ2) is 10.1. The van der Waals surface area contributed by atoms with Gasteiger partial charge in [0.05, 0.1) is 12.2 Å². The predicted octanol–water partition coefficient (Wildman–Crippen LogP) is 2.94. The van der Waals surface area contributed by atoms with Crippen LogP contribution in [0.3, 0.4) is 0 Å². The highest BCUT2D eigenvalue weighted by Gasteiger charge is 2.33. The monoisotopic (exact) mass is 481 g/mol. The maximum atomic E-state index is 12.7. The molecule has 0 bridgehead atoms. The van der Waals surface area contributed by atoms with E-state index in [0.29, 0.717) is 49.0 Å². The topological polar surface area (TPSA) is 115 Å². The lowest BCUT2D eigenvalue weighted by Crippen LogP contribution is -2.28. The van der Waals surface area contributed by atoms with Gasteiger partial charge in [0.25, 0.3) is 5.91 Å². The molecule has 0 spiro atoms. The summed E-state index contributed by atoms with van der Waals surface area (Å²) >= 11 is 0.